The zero-order chi connectivity index (χ0) is 11.4. The smallest absolute Gasteiger partial charge is 0.550 e. The maximum atomic E-state index is 8.89. The van der Waals surface area contributed by atoms with E-state index in [1.54, 1.807) is 12.4 Å². The SMILES string of the molecule is CC(=O)[O-].CC(=O)[O-].O.[Mg+2].c1ccncc1. The first-order chi connectivity index (χ1) is 6.46. The molecule has 0 saturated carbocycles. The van der Waals surface area contributed by atoms with Crippen molar-refractivity contribution >= 4 is 35.0 Å². The summed E-state index contributed by atoms with van der Waals surface area (Å²) in [5, 5.41) is 17.8. The first-order valence-electron chi connectivity index (χ1n) is 3.67. The van der Waals surface area contributed by atoms with Gasteiger partial charge in [-0.15, -0.1) is 0 Å². The summed E-state index contributed by atoms with van der Waals surface area (Å²) in [4.78, 5) is 21.6. The number of aromatic nitrogens is 1. The molecule has 1 aromatic rings. The van der Waals surface area contributed by atoms with Gasteiger partial charge in [-0.3, -0.25) is 4.98 Å². The second kappa shape index (κ2) is 19.4. The number of aliphatic carboxylic acids is 2. The third-order valence-corrected chi connectivity index (χ3v) is 0.566. The van der Waals surface area contributed by atoms with Crippen LogP contribution in [-0.4, -0.2) is 45.5 Å². The van der Waals surface area contributed by atoms with E-state index in [-0.39, 0.29) is 28.5 Å². The molecule has 1 aromatic heterocycles. The minimum atomic E-state index is -1.08. The Morgan fingerprint density at radius 1 is 0.938 bits per heavy atom. The van der Waals surface area contributed by atoms with Crippen molar-refractivity contribution in [3.8, 4) is 0 Å². The van der Waals surface area contributed by atoms with E-state index < -0.39 is 11.9 Å². The molecule has 16 heavy (non-hydrogen) atoms. The van der Waals surface area contributed by atoms with Crippen LogP contribution in [0.3, 0.4) is 0 Å². The van der Waals surface area contributed by atoms with Crippen LogP contribution in [0.5, 0.6) is 0 Å². The third kappa shape index (κ3) is 77.1. The van der Waals surface area contributed by atoms with Crippen LogP contribution in [0, 0.1) is 0 Å². The Morgan fingerprint density at radius 2 is 1.19 bits per heavy atom. The molecule has 0 unspecified atom stereocenters. The van der Waals surface area contributed by atoms with E-state index in [4.69, 9.17) is 19.8 Å². The van der Waals surface area contributed by atoms with Gasteiger partial charge in [0.1, 0.15) is 0 Å². The number of carboxylic acids is 2. The van der Waals surface area contributed by atoms with Crippen LogP contribution < -0.4 is 10.2 Å². The first kappa shape index (κ1) is 24.2. The van der Waals surface area contributed by atoms with Gasteiger partial charge >= 0.3 is 23.1 Å². The number of nitrogens with zero attached hydrogens (tertiary/aromatic N) is 1. The van der Waals surface area contributed by atoms with Crippen molar-refractivity contribution in [2.75, 3.05) is 0 Å². The van der Waals surface area contributed by atoms with Gasteiger partial charge in [0.15, 0.2) is 0 Å². The fourth-order valence-corrected chi connectivity index (χ4v) is 0.313. The molecule has 0 saturated heterocycles. The number of hydrogen-bond acceptors (Lipinski definition) is 5. The van der Waals surface area contributed by atoms with Crippen LogP contribution in [0.4, 0.5) is 0 Å². The standard InChI is InChI=1S/C5H5N.2C2H4O2.Mg.H2O/c1-2-4-6-5-3-1;2*1-2(3)4;;/h1-5H;2*1H3,(H,3,4);;1H2/q;;;+2;/p-2. The molecule has 0 amide bonds. The Morgan fingerprint density at radius 3 is 1.25 bits per heavy atom. The average molecular weight is 240 g/mol. The molecule has 1 rings (SSSR count). The minimum Gasteiger partial charge on any atom is -0.550 e. The first-order valence-corrected chi connectivity index (χ1v) is 3.67. The van der Waals surface area contributed by atoms with Gasteiger partial charge in [-0.25, -0.2) is 0 Å². The van der Waals surface area contributed by atoms with Gasteiger partial charge in [0.05, 0.1) is 0 Å². The van der Waals surface area contributed by atoms with Crippen LogP contribution in [0.25, 0.3) is 0 Å². The molecule has 0 aliphatic carbocycles. The molecule has 2 N–H and O–H groups in total. The van der Waals surface area contributed by atoms with Crippen molar-refractivity contribution in [3.63, 3.8) is 0 Å². The summed E-state index contributed by atoms with van der Waals surface area (Å²) >= 11 is 0. The number of hydrogen-bond donors (Lipinski definition) is 0. The van der Waals surface area contributed by atoms with Gasteiger partial charge < -0.3 is 25.3 Å². The van der Waals surface area contributed by atoms with E-state index in [2.05, 4.69) is 4.98 Å². The van der Waals surface area contributed by atoms with Crippen molar-refractivity contribution in [2.45, 2.75) is 13.8 Å². The molecule has 6 nitrogen and oxygen atoms in total. The summed E-state index contributed by atoms with van der Waals surface area (Å²) in [5.74, 6) is -2.17. The van der Waals surface area contributed by atoms with E-state index in [0.717, 1.165) is 13.8 Å². The minimum absolute atomic E-state index is 0. The molecule has 86 valence electrons. The number of carbonyl (C=O) groups excluding carboxylic acids is 2. The van der Waals surface area contributed by atoms with Crippen molar-refractivity contribution in [3.05, 3.63) is 30.6 Å². The summed E-state index contributed by atoms with van der Waals surface area (Å²) in [7, 11) is 0. The zero-order valence-corrected chi connectivity index (χ0v) is 10.6. The number of pyridine rings is 1. The average Bonchev–Trinajstić information content (AvgIpc) is 2.05. The second-order valence-corrected chi connectivity index (χ2v) is 2.01. The monoisotopic (exact) mass is 239 g/mol. The Balaban J connectivity index is -0.0000000660. The summed E-state index contributed by atoms with van der Waals surface area (Å²) in [6, 6.07) is 5.72. The Bertz CT molecular complexity index is 209. The van der Waals surface area contributed by atoms with Crippen LogP contribution >= 0.6 is 0 Å². The third-order valence-electron chi connectivity index (χ3n) is 0.566. The van der Waals surface area contributed by atoms with E-state index >= 15 is 0 Å². The maximum absolute atomic E-state index is 8.89. The van der Waals surface area contributed by atoms with Crippen molar-refractivity contribution in [1.29, 1.82) is 0 Å². The quantitative estimate of drug-likeness (QED) is 0.459. The topological polar surface area (TPSA) is 125 Å². The van der Waals surface area contributed by atoms with Gasteiger partial charge in [0.25, 0.3) is 0 Å². The number of rotatable bonds is 0. The molecule has 0 atom stereocenters. The molecule has 0 bridgehead atoms. The van der Waals surface area contributed by atoms with Crippen LogP contribution in [-0.2, 0) is 9.59 Å². The molecule has 0 fully saturated rings. The van der Waals surface area contributed by atoms with Crippen LogP contribution in [0.2, 0.25) is 0 Å². The summed E-state index contributed by atoms with van der Waals surface area (Å²) in [6.45, 7) is 1.94. The number of carbonyl (C=O) groups is 2. The molecular formula is C9H13MgNO5. The van der Waals surface area contributed by atoms with Crippen molar-refractivity contribution in [1.82, 2.24) is 4.98 Å². The number of carboxylic acid groups (broad SMARTS) is 2. The van der Waals surface area contributed by atoms with Crippen molar-refractivity contribution in [2.24, 2.45) is 0 Å². The summed E-state index contributed by atoms with van der Waals surface area (Å²) < 4.78 is 0. The largest absolute Gasteiger partial charge is 2.00 e. The van der Waals surface area contributed by atoms with Gasteiger partial charge in [-0.2, -0.15) is 0 Å². The fourth-order valence-electron chi connectivity index (χ4n) is 0.313. The molecule has 7 heteroatoms. The molecule has 0 aliphatic rings. The molecule has 0 spiro atoms. The van der Waals surface area contributed by atoms with E-state index in [9.17, 15) is 0 Å². The summed E-state index contributed by atoms with van der Waals surface area (Å²) in [5.41, 5.74) is 0. The Kier molecular flexibility index (Phi) is 29.3. The van der Waals surface area contributed by atoms with E-state index in [0.29, 0.717) is 0 Å². The van der Waals surface area contributed by atoms with Crippen molar-refractivity contribution < 1.29 is 25.3 Å². The van der Waals surface area contributed by atoms with Gasteiger partial charge in [0.2, 0.25) is 0 Å². The molecule has 0 aromatic carbocycles. The molecule has 1 heterocycles. The molecule has 0 radical (unpaired) electrons. The van der Waals surface area contributed by atoms with E-state index in [1.165, 1.54) is 0 Å². The normalized spacial score (nSPS) is 6.12. The predicted octanol–water partition coefficient (Wildman–Crippen LogP) is -2.61. The summed E-state index contributed by atoms with van der Waals surface area (Å²) in [6.07, 6.45) is 3.50. The predicted molar refractivity (Wildman–Crippen MR) is 55.0 cm³/mol. The van der Waals surface area contributed by atoms with Gasteiger partial charge in [-0.05, 0) is 26.0 Å². The van der Waals surface area contributed by atoms with Gasteiger partial charge in [-0.1, -0.05) is 6.07 Å². The van der Waals surface area contributed by atoms with Crippen LogP contribution in [0.15, 0.2) is 30.6 Å². The maximum Gasteiger partial charge on any atom is 2.00 e. The molecular weight excluding hydrogens is 226 g/mol. The Labute approximate surface area is 110 Å². The van der Waals surface area contributed by atoms with Gasteiger partial charge in [0, 0.05) is 24.3 Å². The Hall–Kier alpha value is -1.18. The van der Waals surface area contributed by atoms with E-state index in [1.807, 2.05) is 18.2 Å². The fraction of sp³-hybridized carbons (Fsp3) is 0.222. The second-order valence-electron chi connectivity index (χ2n) is 2.01. The van der Waals surface area contributed by atoms with Crippen LogP contribution in [0.1, 0.15) is 13.8 Å². The zero-order valence-electron chi connectivity index (χ0n) is 9.17. The molecule has 0 aliphatic heterocycles.